The first kappa shape index (κ1) is 13.1. The molecule has 0 bridgehead atoms. The Morgan fingerprint density at radius 1 is 1.62 bits per heavy atom. The molecular weight excluding hydrogens is 285 g/mol. The van der Waals surface area contributed by atoms with E-state index in [9.17, 15) is 9.90 Å². The third-order valence-electron chi connectivity index (χ3n) is 1.90. The number of carbonyl (C=O) groups is 1. The Hall–Kier alpha value is 0.120. The van der Waals surface area contributed by atoms with E-state index < -0.39 is 17.6 Å². The zero-order valence-electron chi connectivity index (χ0n) is 8.08. The molecule has 0 saturated heterocycles. The smallest absolute Gasteiger partial charge is 0.349 e. The van der Waals surface area contributed by atoms with Crippen LogP contribution in [-0.2, 0) is 7.86 Å². The average Bonchev–Trinajstić information content (AvgIpc) is 2.01. The van der Waals surface area contributed by atoms with Gasteiger partial charge in [-0.2, -0.15) is 0 Å². The summed E-state index contributed by atoms with van der Waals surface area (Å²) in [7, 11) is 0. The van der Waals surface area contributed by atoms with E-state index in [1.54, 1.807) is 6.92 Å². The summed E-state index contributed by atoms with van der Waals surface area (Å²) in [6.45, 7) is 5.41. The number of hydrogen-bond acceptors (Lipinski definition) is 4. The zero-order valence-corrected chi connectivity index (χ0v) is 10.2. The average molecular weight is 301 g/mol. The number of nitrogens with two attached hydrogens (primary N) is 1. The highest BCUT2D eigenvalue weighted by atomic mass is 127. The van der Waals surface area contributed by atoms with Gasteiger partial charge in [0, 0.05) is 6.04 Å². The zero-order chi connectivity index (χ0) is 10.6. The quantitative estimate of drug-likeness (QED) is 0.760. The van der Waals surface area contributed by atoms with Crippen molar-refractivity contribution in [1.82, 2.24) is 0 Å². The van der Waals surface area contributed by atoms with Gasteiger partial charge < -0.3 is 13.9 Å². The lowest BCUT2D eigenvalue weighted by atomic mass is 9.87. The van der Waals surface area contributed by atoms with Gasteiger partial charge in [-0.3, -0.25) is 0 Å². The van der Waals surface area contributed by atoms with Gasteiger partial charge in [-0.05, 0) is 19.3 Å². The van der Waals surface area contributed by atoms with Crippen LogP contribution in [0.15, 0.2) is 0 Å². The third kappa shape index (κ3) is 3.40. The van der Waals surface area contributed by atoms with Crippen LogP contribution >= 0.6 is 23.0 Å². The minimum Gasteiger partial charge on any atom is -0.392 e. The summed E-state index contributed by atoms with van der Waals surface area (Å²) in [5.74, 6) is -0.483. The van der Waals surface area contributed by atoms with Crippen LogP contribution in [0.5, 0.6) is 0 Å². The molecule has 4 nitrogen and oxygen atoms in total. The minimum atomic E-state index is -1.56. The van der Waals surface area contributed by atoms with Gasteiger partial charge in [0.25, 0.3) is 0 Å². The van der Waals surface area contributed by atoms with E-state index in [0.29, 0.717) is 6.42 Å². The largest absolute Gasteiger partial charge is 0.392 e. The van der Waals surface area contributed by atoms with Crippen molar-refractivity contribution in [2.75, 3.05) is 0 Å². The highest BCUT2D eigenvalue weighted by molar-refractivity contribution is 14.1. The second-order valence-corrected chi connectivity index (χ2v) is 4.12. The summed E-state index contributed by atoms with van der Waals surface area (Å²) in [5.41, 5.74) is 3.98. The van der Waals surface area contributed by atoms with Crippen molar-refractivity contribution in [1.29, 1.82) is 0 Å². The normalized spacial score (nSPS) is 18.1. The maximum absolute atomic E-state index is 11.3. The van der Waals surface area contributed by atoms with E-state index >= 15 is 0 Å². The van der Waals surface area contributed by atoms with Gasteiger partial charge in [0.15, 0.2) is 28.6 Å². The standard InChI is InChI=1S/C8H16INO3/c1-5(2)4-8(12,6(3)10)7(11)13-9/h5-6,12H,4,10H2,1-3H3. The third-order valence-corrected chi connectivity index (χ3v) is 2.30. The molecule has 0 aromatic rings. The van der Waals surface area contributed by atoms with Crippen LogP contribution in [0.3, 0.4) is 0 Å². The van der Waals surface area contributed by atoms with E-state index in [1.807, 2.05) is 13.8 Å². The Kier molecular flexibility index (Phi) is 5.16. The lowest BCUT2D eigenvalue weighted by Crippen LogP contribution is -2.53. The Balaban J connectivity index is 4.62. The number of aliphatic hydroxyl groups is 1. The fraction of sp³-hybridized carbons (Fsp3) is 0.875. The van der Waals surface area contributed by atoms with E-state index in [-0.39, 0.29) is 5.92 Å². The molecular formula is C8H16INO3. The highest BCUT2D eigenvalue weighted by Crippen LogP contribution is 2.22. The molecule has 0 aliphatic heterocycles. The molecule has 0 saturated carbocycles. The number of carbonyl (C=O) groups excluding carboxylic acids is 1. The fourth-order valence-corrected chi connectivity index (χ4v) is 1.53. The molecule has 0 radical (unpaired) electrons. The number of rotatable bonds is 4. The maximum Gasteiger partial charge on any atom is 0.349 e. The molecule has 0 aliphatic rings. The van der Waals surface area contributed by atoms with Gasteiger partial charge in [-0.1, -0.05) is 13.8 Å². The minimum absolute atomic E-state index is 0.187. The first-order chi connectivity index (χ1) is 5.84. The van der Waals surface area contributed by atoms with Crippen molar-refractivity contribution in [3.63, 3.8) is 0 Å². The molecule has 0 aromatic heterocycles. The van der Waals surface area contributed by atoms with Crippen molar-refractivity contribution >= 4 is 29.0 Å². The van der Waals surface area contributed by atoms with Crippen LogP contribution in [-0.4, -0.2) is 22.7 Å². The topological polar surface area (TPSA) is 72.5 Å². The molecule has 0 heterocycles. The molecule has 0 rings (SSSR count). The maximum atomic E-state index is 11.3. The van der Waals surface area contributed by atoms with E-state index in [4.69, 9.17) is 5.73 Å². The summed E-state index contributed by atoms with van der Waals surface area (Å²) < 4.78 is 4.48. The van der Waals surface area contributed by atoms with Crippen LogP contribution in [0, 0.1) is 5.92 Å². The van der Waals surface area contributed by atoms with Crippen LogP contribution < -0.4 is 5.73 Å². The molecule has 0 aromatic carbocycles. The van der Waals surface area contributed by atoms with Crippen molar-refractivity contribution < 1.29 is 13.0 Å². The van der Waals surface area contributed by atoms with Crippen LogP contribution in [0.1, 0.15) is 27.2 Å². The van der Waals surface area contributed by atoms with Gasteiger partial charge >= 0.3 is 5.97 Å². The first-order valence-corrected chi connectivity index (χ1v) is 5.03. The number of halogens is 1. The van der Waals surface area contributed by atoms with Crippen LogP contribution in [0.25, 0.3) is 0 Å². The summed E-state index contributed by atoms with van der Waals surface area (Å²) in [6.07, 6.45) is 0.312. The lowest BCUT2D eigenvalue weighted by molar-refractivity contribution is -0.155. The molecule has 3 N–H and O–H groups in total. The van der Waals surface area contributed by atoms with E-state index in [1.165, 1.54) is 23.0 Å². The second-order valence-electron chi connectivity index (χ2n) is 3.68. The SMILES string of the molecule is CC(C)CC(O)(C(=O)OI)C(C)N. The predicted molar refractivity (Wildman–Crippen MR) is 58.2 cm³/mol. The molecule has 0 amide bonds. The van der Waals surface area contributed by atoms with Crippen molar-refractivity contribution in [2.45, 2.75) is 38.8 Å². The first-order valence-electron chi connectivity index (χ1n) is 4.15. The lowest BCUT2D eigenvalue weighted by Gasteiger charge is -2.29. The molecule has 13 heavy (non-hydrogen) atoms. The Bertz CT molecular complexity index is 184. The molecule has 0 spiro atoms. The van der Waals surface area contributed by atoms with Gasteiger partial charge in [0.1, 0.15) is 0 Å². The molecule has 5 heteroatoms. The second kappa shape index (κ2) is 5.11. The van der Waals surface area contributed by atoms with Crippen molar-refractivity contribution in [3.05, 3.63) is 0 Å². The van der Waals surface area contributed by atoms with Crippen molar-refractivity contribution in [3.8, 4) is 0 Å². The molecule has 0 fully saturated rings. The molecule has 0 aliphatic carbocycles. The summed E-state index contributed by atoms with van der Waals surface area (Å²) in [6, 6.07) is -0.628. The monoisotopic (exact) mass is 301 g/mol. The van der Waals surface area contributed by atoms with Crippen LogP contribution in [0.2, 0.25) is 0 Å². The molecule has 78 valence electrons. The summed E-state index contributed by atoms with van der Waals surface area (Å²) >= 11 is 1.45. The predicted octanol–water partition coefficient (Wildman–Crippen LogP) is 1.00. The Morgan fingerprint density at radius 2 is 2.08 bits per heavy atom. The van der Waals surface area contributed by atoms with Gasteiger partial charge in [-0.15, -0.1) is 0 Å². The van der Waals surface area contributed by atoms with E-state index in [0.717, 1.165) is 0 Å². The van der Waals surface area contributed by atoms with E-state index in [2.05, 4.69) is 3.07 Å². The highest BCUT2D eigenvalue weighted by Gasteiger charge is 2.41. The van der Waals surface area contributed by atoms with Gasteiger partial charge in [-0.25, -0.2) is 4.79 Å². The number of hydrogen-bond donors (Lipinski definition) is 2. The Labute approximate surface area is 92.5 Å². The van der Waals surface area contributed by atoms with Gasteiger partial charge in [0.05, 0.1) is 0 Å². The summed E-state index contributed by atoms with van der Waals surface area (Å²) in [4.78, 5) is 11.3. The fourth-order valence-electron chi connectivity index (χ4n) is 1.14. The summed E-state index contributed by atoms with van der Waals surface area (Å²) in [5, 5.41) is 9.92. The van der Waals surface area contributed by atoms with Crippen LogP contribution in [0.4, 0.5) is 0 Å². The Morgan fingerprint density at radius 3 is 2.31 bits per heavy atom. The van der Waals surface area contributed by atoms with Crippen molar-refractivity contribution in [2.24, 2.45) is 11.7 Å². The van der Waals surface area contributed by atoms with Gasteiger partial charge in [0.2, 0.25) is 0 Å². The molecule has 2 unspecified atom stereocenters. The molecule has 2 atom stereocenters.